The molecule has 0 aliphatic carbocycles. The molecule has 0 aromatic carbocycles. The Kier molecular flexibility index (Phi) is 2.70. The van der Waals surface area contributed by atoms with Crippen molar-refractivity contribution in [3.8, 4) is 11.6 Å². The second-order valence-corrected chi connectivity index (χ2v) is 2.88. The van der Waals surface area contributed by atoms with Crippen LogP contribution in [-0.4, -0.2) is 37.0 Å². The van der Waals surface area contributed by atoms with Crippen molar-refractivity contribution in [3.05, 3.63) is 12.2 Å². The lowest BCUT2D eigenvalue weighted by Gasteiger charge is -2.00. The lowest BCUT2D eigenvalue weighted by atomic mass is 10.2. The summed E-state index contributed by atoms with van der Waals surface area (Å²) in [6.07, 6.45) is 0.874. The van der Waals surface area contributed by atoms with Crippen LogP contribution in [0.2, 0.25) is 0 Å². The molecule has 0 saturated carbocycles. The van der Waals surface area contributed by atoms with Gasteiger partial charge >= 0.3 is 0 Å². The Labute approximate surface area is 84.5 Å². The van der Waals surface area contributed by atoms with Gasteiger partial charge in [-0.15, -0.1) is 0 Å². The fourth-order valence-corrected chi connectivity index (χ4v) is 1.06. The molecule has 0 saturated heterocycles. The summed E-state index contributed by atoms with van der Waals surface area (Å²) in [5.74, 6) is 0.787. The molecule has 0 fully saturated rings. The first kappa shape index (κ1) is 9.74. The summed E-state index contributed by atoms with van der Waals surface area (Å²) >= 11 is 0. The summed E-state index contributed by atoms with van der Waals surface area (Å²) in [5.41, 5.74) is 5.29. The maximum atomic E-state index is 9.51. The van der Waals surface area contributed by atoms with Crippen LogP contribution in [0.3, 0.4) is 0 Å². The van der Waals surface area contributed by atoms with Gasteiger partial charge in [-0.3, -0.25) is 5.10 Å². The molecule has 0 radical (unpaired) electrons. The van der Waals surface area contributed by atoms with Crippen LogP contribution in [0, 0.1) is 0 Å². The van der Waals surface area contributed by atoms with E-state index in [-0.39, 0.29) is 11.7 Å². The van der Waals surface area contributed by atoms with Gasteiger partial charge in [-0.05, 0) is 13.0 Å². The molecule has 0 aliphatic heterocycles. The average molecular weight is 210 g/mol. The highest BCUT2D eigenvalue weighted by Crippen LogP contribution is 2.16. The molecule has 2 aromatic rings. The number of hydrogen-bond acceptors (Lipinski definition) is 7. The smallest absolute Gasteiger partial charge is 0.255 e. The molecule has 80 valence electrons. The van der Waals surface area contributed by atoms with Crippen LogP contribution < -0.4 is 5.73 Å². The molecule has 2 rings (SSSR count). The van der Waals surface area contributed by atoms with E-state index < -0.39 is 6.10 Å². The first-order valence-electron chi connectivity index (χ1n) is 4.38. The molecular formula is C7H10N6O2. The average Bonchev–Trinajstić information content (AvgIpc) is 2.89. The fourth-order valence-electron chi connectivity index (χ4n) is 1.06. The Bertz CT molecular complexity index is 411. The predicted molar refractivity (Wildman–Crippen MR) is 48.3 cm³/mol. The lowest BCUT2D eigenvalue weighted by Crippen LogP contribution is -2.06. The molecule has 8 heteroatoms. The second-order valence-electron chi connectivity index (χ2n) is 2.88. The zero-order valence-electron chi connectivity index (χ0n) is 7.79. The van der Waals surface area contributed by atoms with Gasteiger partial charge in [0.05, 0.1) is 0 Å². The zero-order chi connectivity index (χ0) is 10.7. The van der Waals surface area contributed by atoms with Crippen molar-refractivity contribution in [2.45, 2.75) is 12.5 Å². The predicted octanol–water partition coefficient (Wildman–Crippen LogP) is -0.763. The summed E-state index contributed by atoms with van der Waals surface area (Å²) in [5, 5.41) is 19.4. The second kappa shape index (κ2) is 4.15. The monoisotopic (exact) mass is 210 g/mol. The summed E-state index contributed by atoms with van der Waals surface area (Å²) in [4.78, 5) is 7.80. The molecule has 4 N–H and O–H groups in total. The fraction of sp³-hybridized carbons (Fsp3) is 0.429. The number of H-pyrrole nitrogens is 1. The van der Waals surface area contributed by atoms with Crippen molar-refractivity contribution < 1.29 is 9.63 Å². The van der Waals surface area contributed by atoms with E-state index in [1.807, 2.05) is 0 Å². The number of rotatable bonds is 4. The van der Waals surface area contributed by atoms with E-state index in [1.165, 1.54) is 6.33 Å². The quantitative estimate of drug-likeness (QED) is 0.605. The topological polar surface area (TPSA) is 127 Å². The van der Waals surface area contributed by atoms with Crippen LogP contribution in [0.25, 0.3) is 11.6 Å². The lowest BCUT2D eigenvalue weighted by molar-refractivity contribution is 0.127. The van der Waals surface area contributed by atoms with Gasteiger partial charge in [-0.25, -0.2) is 4.98 Å². The minimum Gasteiger partial charge on any atom is -0.383 e. The Balaban J connectivity index is 2.17. The maximum Gasteiger partial charge on any atom is 0.255 e. The van der Waals surface area contributed by atoms with Crippen molar-refractivity contribution >= 4 is 0 Å². The van der Waals surface area contributed by atoms with E-state index in [2.05, 4.69) is 25.3 Å². The minimum atomic E-state index is -0.834. The van der Waals surface area contributed by atoms with Gasteiger partial charge in [0.2, 0.25) is 5.82 Å². The molecule has 1 atom stereocenters. The molecule has 0 amide bonds. The maximum absolute atomic E-state index is 9.51. The molecule has 2 heterocycles. The number of aromatic nitrogens is 5. The number of nitrogens with one attached hydrogen (secondary N) is 1. The SMILES string of the molecule is NCCC(O)c1nc(-c2ncn[nH]2)no1. The van der Waals surface area contributed by atoms with E-state index >= 15 is 0 Å². The molecule has 0 aliphatic rings. The number of aliphatic hydroxyl groups excluding tert-OH is 1. The third-order valence-corrected chi connectivity index (χ3v) is 1.79. The molecule has 15 heavy (non-hydrogen) atoms. The number of hydrogen-bond donors (Lipinski definition) is 3. The molecule has 0 spiro atoms. The standard InChI is InChI=1S/C7H10N6O2/c8-2-1-4(14)7-11-6(13-15-7)5-9-3-10-12-5/h3-4,14H,1-2,8H2,(H,9,10,12). The summed E-state index contributed by atoms with van der Waals surface area (Å²) in [6, 6.07) is 0. The molecule has 0 bridgehead atoms. The van der Waals surface area contributed by atoms with Crippen LogP contribution in [0.15, 0.2) is 10.9 Å². The van der Waals surface area contributed by atoms with Gasteiger partial charge in [0.1, 0.15) is 12.4 Å². The summed E-state index contributed by atoms with van der Waals surface area (Å²) < 4.78 is 4.85. The van der Waals surface area contributed by atoms with Crippen LogP contribution in [-0.2, 0) is 0 Å². The third-order valence-electron chi connectivity index (χ3n) is 1.79. The Morgan fingerprint density at radius 2 is 2.47 bits per heavy atom. The first-order valence-corrected chi connectivity index (χ1v) is 4.38. The largest absolute Gasteiger partial charge is 0.383 e. The van der Waals surface area contributed by atoms with Gasteiger partial charge in [0.25, 0.3) is 5.89 Å². The molecular weight excluding hydrogens is 200 g/mol. The molecule has 2 aromatic heterocycles. The number of aliphatic hydroxyl groups is 1. The van der Waals surface area contributed by atoms with E-state index in [0.717, 1.165) is 0 Å². The highest BCUT2D eigenvalue weighted by Gasteiger charge is 2.17. The van der Waals surface area contributed by atoms with Crippen LogP contribution in [0.1, 0.15) is 18.4 Å². The van der Waals surface area contributed by atoms with Gasteiger partial charge in [-0.1, -0.05) is 5.16 Å². The van der Waals surface area contributed by atoms with Crippen molar-refractivity contribution in [1.82, 2.24) is 25.3 Å². The Hall–Kier alpha value is -1.80. The van der Waals surface area contributed by atoms with Gasteiger partial charge in [0, 0.05) is 0 Å². The van der Waals surface area contributed by atoms with Crippen molar-refractivity contribution in [2.75, 3.05) is 6.54 Å². The third kappa shape index (κ3) is 2.00. The van der Waals surface area contributed by atoms with E-state index in [9.17, 15) is 5.11 Å². The van der Waals surface area contributed by atoms with Crippen molar-refractivity contribution in [1.29, 1.82) is 0 Å². The van der Waals surface area contributed by atoms with Crippen LogP contribution in [0.4, 0.5) is 0 Å². The molecule has 1 unspecified atom stereocenters. The van der Waals surface area contributed by atoms with E-state index in [1.54, 1.807) is 0 Å². The number of nitrogens with zero attached hydrogens (tertiary/aromatic N) is 4. The van der Waals surface area contributed by atoms with Crippen molar-refractivity contribution in [2.24, 2.45) is 5.73 Å². The van der Waals surface area contributed by atoms with Gasteiger partial charge in [0.15, 0.2) is 5.82 Å². The summed E-state index contributed by atoms with van der Waals surface area (Å²) in [7, 11) is 0. The highest BCUT2D eigenvalue weighted by atomic mass is 16.5. The van der Waals surface area contributed by atoms with Crippen LogP contribution >= 0.6 is 0 Å². The minimum absolute atomic E-state index is 0.131. The van der Waals surface area contributed by atoms with Gasteiger partial charge in [-0.2, -0.15) is 10.1 Å². The molecule has 8 nitrogen and oxygen atoms in total. The van der Waals surface area contributed by atoms with E-state index in [0.29, 0.717) is 18.8 Å². The van der Waals surface area contributed by atoms with E-state index in [4.69, 9.17) is 10.3 Å². The van der Waals surface area contributed by atoms with Crippen LogP contribution in [0.5, 0.6) is 0 Å². The zero-order valence-corrected chi connectivity index (χ0v) is 7.79. The summed E-state index contributed by atoms with van der Waals surface area (Å²) in [6.45, 7) is 0.348. The van der Waals surface area contributed by atoms with Crippen molar-refractivity contribution in [3.63, 3.8) is 0 Å². The number of aromatic amines is 1. The number of nitrogens with two attached hydrogens (primary N) is 1. The Morgan fingerprint density at radius 3 is 3.13 bits per heavy atom. The normalized spacial score (nSPS) is 12.9. The first-order chi connectivity index (χ1) is 7.31. The Morgan fingerprint density at radius 1 is 1.60 bits per heavy atom. The highest BCUT2D eigenvalue weighted by molar-refractivity contribution is 5.39. The van der Waals surface area contributed by atoms with Gasteiger partial charge < -0.3 is 15.4 Å².